The van der Waals surface area contributed by atoms with Gasteiger partial charge in [0.15, 0.2) is 0 Å². The second-order valence-electron chi connectivity index (χ2n) is 4.61. The van der Waals surface area contributed by atoms with Crippen LogP contribution < -0.4 is 10.6 Å². The lowest BCUT2D eigenvalue weighted by Crippen LogP contribution is -2.23. The largest absolute Gasteiger partial charge is 0.371 e. The average molecular weight is 239 g/mol. The Morgan fingerprint density at radius 3 is 2.69 bits per heavy atom. The van der Waals surface area contributed by atoms with Gasteiger partial charge in [-0.25, -0.2) is 0 Å². The number of anilines is 1. The molecule has 0 saturated carbocycles. The highest BCUT2D eigenvalue weighted by Gasteiger charge is 2.17. The lowest BCUT2D eigenvalue weighted by molar-refractivity contribution is 0.735. The molecule has 1 aliphatic heterocycles. The zero-order valence-corrected chi connectivity index (χ0v) is 10.5. The summed E-state index contributed by atoms with van der Waals surface area (Å²) in [5.41, 5.74) is 8.37. The van der Waals surface area contributed by atoms with E-state index in [1.165, 1.54) is 24.1 Å². The molecule has 0 spiro atoms. The van der Waals surface area contributed by atoms with Crippen molar-refractivity contribution in [3.8, 4) is 0 Å². The molecule has 1 unspecified atom stereocenters. The minimum atomic E-state index is 0.154. The molecule has 16 heavy (non-hydrogen) atoms. The van der Waals surface area contributed by atoms with Crippen LogP contribution in [0.1, 0.15) is 25.3 Å². The van der Waals surface area contributed by atoms with E-state index in [0.717, 1.165) is 24.5 Å². The molecule has 2 rings (SSSR count). The second kappa shape index (κ2) is 5.07. The third kappa shape index (κ3) is 2.50. The van der Waals surface area contributed by atoms with Gasteiger partial charge in [0.1, 0.15) is 0 Å². The Bertz CT molecular complexity index is 357. The Hall–Kier alpha value is -0.730. The van der Waals surface area contributed by atoms with E-state index in [-0.39, 0.29) is 6.04 Å². The normalized spacial score (nSPS) is 17.8. The summed E-state index contributed by atoms with van der Waals surface area (Å²) in [5.74, 6) is 0. The number of hydrogen-bond acceptors (Lipinski definition) is 2. The van der Waals surface area contributed by atoms with Gasteiger partial charge < -0.3 is 10.6 Å². The second-order valence-corrected chi connectivity index (χ2v) is 5.02. The van der Waals surface area contributed by atoms with Crippen LogP contribution in [0.2, 0.25) is 5.02 Å². The molecule has 1 heterocycles. The van der Waals surface area contributed by atoms with Gasteiger partial charge in [0, 0.05) is 29.8 Å². The number of rotatable bonds is 3. The number of hydrogen-bond donors (Lipinski definition) is 1. The molecular formula is C13H19ClN2. The van der Waals surface area contributed by atoms with E-state index >= 15 is 0 Å². The Balaban J connectivity index is 2.31. The van der Waals surface area contributed by atoms with Crippen LogP contribution >= 0.6 is 11.6 Å². The van der Waals surface area contributed by atoms with E-state index < -0.39 is 0 Å². The van der Waals surface area contributed by atoms with Gasteiger partial charge >= 0.3 is 0 Å². The Kier molecular flexibility index (Phi) is 3.72. The van der Waals surface area contributed by atoms with Crippen LogP contribution in [0.15, 0.2) is 18.2 Å². The molecule has 1 fully saturated rings. The van der Waals surface area contributed by atoms with Gasteiger partial charge in [0.05, 0.1) is 0 Å². The molecule has 2 N–H and O–H groups in total. The van der Waals surface area contributed by atoms with Crippen LogP contribution in [0.5, 0.6) is 0 Å². The monoisotopic (exact) mass is 238 g/mol. The molecule has 1 aromatic rings. The summed E-state index contributed by atoms with van der Waals surface area (Å²) in [6, 6.07) is 6.30. The first kappa shape index (κ1) is 11.7. The van der Waals surface area contributed by atoms with Crippen molar-refractivity contribution in [1.82, 2.24) is 0 Å². The Labute approximate surface area is 102 Å². The average Bonchev–Trinajstić information content (AvgIpc) is 2.73. The van der Waals surface area contributed by atoms with E-state index in [0.29, 0.717) is 0 Å². The lowest BCUT2D eigenvalue weighted by atomic mass is 10.0. The topological polar surface area (TPSA) is 29.3 Å². The summed E-state index contributed by atoms with van der Waals surface area (Å²) in [4.78, 5) is 2.42. The molecule has 88 valence electrons. The molecule has 1 saturated heterocycles. The van der Waals surface area contributed by atoms with E-state index in [1.807, 2.05) is 19.1 Å². The van der Waals surface area contributed by atoms with Crippen molar-refractivity contribution in [2.45, 2.75) is 32.2 Å². The fourth-order valence-corrected chi connectivity index (χ4v) is 2.57. The molecule has 0 amide bonds. The first-order chi connectivity index (χ1) is 7.68. The highest BCUT2D eigenvalue weighted by molar-refractivity contribution is 6.31. The summed E-state index contributed by atoms with van der Waals surface area (Å²) in [6.07, 6.45) is 3.42. The van der Waals surface area contributed by atoms with Crippen molar-refractivity contribution in [2.24, 2.45) is 5.73 Å². The molecule has 1 atom stereocenters. The number of halogens is 1. The van der Waals surface area contributed by atoms with E-state index in [9.17, 15) is 0 Å². The molecule has 1 aliphatic rings. The van der Waals surface area contributed by atoms with Gasteiger partial charge in [-0.05, 0) is 43.9 Å². The van der Waals surface area contributed by atoms with Gasteiger partial charge in [0.2, 0.25) is 0 Å². The summed E-state index contributed by atoms with van der Waals surface area (Å²) >= 11 is 6.27. The van der Waals surface area contributed by atoms with Crippen LogP contribution in [-0.4, -0.2) is 19.1 Å². The van der Waals surface area contributed by atoms with Crippen molar-refractivity contribution in [2.75, 3.05) is 18.0 Å². The SMILES string of the molecule is CC(N)Cc1c(Cl)cccc1N1CCCC1. The Morgan fingerprint density at radius 2 is 2.06 bits per heavy atom. The third-order valence-corrected chi connectivity index (χ3v) is 3.42. The maximum atomic E-state index is 6.27. The quantitative estimate of drug-likeness (QED) is 0.878. The molecule has 3 heteroatoms. The van der Waals surface area contributed by atoms with Crippen molar-refractivity contribution >= 4 is 17.3 Å². The summed E-state index contributed by atoms with van der Waals surface area (Å²) < 4.78 is 0. The summed E-state index contributed by atoms with van der Waals surface area (Å²) in [5, 5.41) is 0.849. The summed E-state index contributed by atoms with van der Waals surface area (Å²) in [7, 11) is 0. The summed E-state index contributed by atoms with van der Waals surface area (Å²) in [6.45, 7) is 4.32. The minimum absolute atomic E-state index is 0.154. The van der Waals surface area contributed by atoms with Crippen molar-refractivity contribution in [3.63, 3.8) is 0 Å². The van der Waals surface area contributed by atoms with Crippen molar-refractivity contribution in [1.29, 1.82) is 0 Å². The fourth-order valence-electron chi connectivity index (χ4n) is 2.33. The predicted octanol–water partition coefficient (Wildman–Crippen LogP) is 2.83. The fraction of sp³-hybridized carbons (Fsp3) is 0.538. The number of nitrogens with zero attached hydrogens (tertiary/aromatic N) is 1. The predicted molar refractivity (Wildman–Crippen MR) is 70.3 cm³/mol. The van der Waals surface area contributed by atoms with Crippen LogP contribution in [0.4, 0.5) is 5.69 Å². The molecule has 0 aromatic heterocycles. The Morgan fingerprint density at radius 1 is 1.38 bits per heavy atom. The molecule has 0 radical (unpaired) electrons. The highest BCUT2D eigenvalue weighted by Crippen LogP contribution is 2.30. The molecule has 0 aliphatic carbocycles. The van der Waals surface area contributed by atoms with Gasteiger partial charge in [0.25, 0.3) is 0 Å². The smallest absolute Gasteiger partial charge is 0.0459 e. The van der Waals surface area contributed by atoms with E-state index in [4.69, 9.17) is 17.3 Å². The first-order valence-corrected chi connectivity index (χ1v) is 6.34. The van der Waals surface area contributed by atoms with Crippen LogP contribution in [0, 0.1) is 0 Å². The highest BCUT2D eigenvalue weighted by atomic mass is 35.5. The molecular weight excluding hydrogens is 220 g/mol. The molecule has 1 aromatic carbocycles. The minimum Gasteiger partial charge on any atom is -0.371 e. The maximum Gasteiger partial charge on any atom is 0.0459 e. The lowest BCUT2D eigenvalue weighted by Gasteiger charge is -2.23. The third-order valence-electron chi connectivity index (χ3n) is 3.07. The standard InChI is InChI=1S/C13H19ClN2/c1-10(15)9-11-12(14)5-4-6-13(11)16-7-2-3-8-16/h4-6,10H,2-3,7-9,15H2,1H3. The first-order valence-electron chi connectivity index (χ1n) is 5.96. The van der Waals surface area contributed by atoms with Crippen molar-refractivity contribution in [3.05, 3.63) is 28.8 Å². The number of benzene rings is 1. The van der Waals surface area contributed by atoms with E-state index in [1.54, 1.807) is 0 Å². The van der Waals surface area contributed by atoms with Crippen molar-refractivity contribution < 1.29 is 0 Å². The van der Waals surface area contributed by atoms with Gasteiger partial charge in [-0.2, -0.15) is 0 Å². The van der Waals surface area contributed by atoms with Crippen LogP contribution in [0.25, 0.3) is 0 Å². The molecule has 2 nitrogen and oxygen atoms in total. The van der Waals surface area contributed by atoms with Crippen LogP contribution in [0.3, 0.4) is 0 Å². The zero-order chi connectivity index (χ0) is 11.5. The zero-order valence-electron chi connectivity index (χ0n) is 9.75. The van der Waals surface area contributed by atoms with Gasteiger partial charge in [-0.1, -0.05) is 17.7 Å². The van der Waals surface area contributed by atoms with E-state index in [2.05, 4.69) is 11.0 Å². The number of nitrogens with two attached hydrogens (primary N) is 1. The van der Waals surface area contributed by atoms with Gasteiger partial charge in [-0.15, -0.1) is 0 Å². The maximum absolute atomic E-state index is 6.27. The van der Waals surface area contributed by atoms with Gasteiger partial charge in [-0.3, -0.25) is 0 Å². The van der Waals surface area contributed by atoms with Crippen LogP contribution in [-0.2, 0) is 6.42 Å². The molecule has 0 bridgehead atoms.